The first-order valence-corrected chi connectivity index (χ1v) is 8.28. The summed E-state index contributed by atoms with van der Waals surface area (Å²) in [5.74, 6) is 0.738. The van der Waals surface area contributed by atoms with E-state index in [2.05, 4.69) is 9.71 Å². The van der Waals surface area contributed by atoms with Crippen molar-refractivity contribution < 1.29 is 17.6 Å². The highest BCUT2D eigenvalue weighted by Gasteiger charge is 2.36. The van der Waals surface area contributed by atoms with Crippen LogP contribution >= 0.6 is 0 Å². The van der Waals surface area contributed by atoms with Gasteiger partial charge < -0.3 is 13.7 Å². The lowest BCUT2D eigenvalue weighted by molar-refractivity contribution is 0.0925. The van der Waals surface area contributed by atoms with Gasteiger partial charge in [0.15, 0.2) is 0 Å². The summed E-state index contributed by atoms with van der Waals surface area (Å²) in [6.07, 6.45) is 5.10. The van der Waals surface area contributed by atoms with Crippen LogP contribution in [0.3, 0.4) is 0 Å². The molecule has 0 aliphatic carbocycles. The van der Waals surface area contributed by atoms with Crippen LogP contribution in [-0.4, -0.2) is 30.6 Å². The number of hydrogen-bond donors (Lipinski definition) is 1. The Bertz CT molecular complexity index is 693. The molecule has 2 atom stereocenters. The lowest BCUT2D eigenvalue weighted by Crippen LogP contribution is -2.37. The second kappa shape index (κ2) is 5.63. The molecule has 8 heteroatoms. The maximum absolute atomic E-state index is 12.2. The van der Waals surface area contributed by atoms with Crippen LogP contribution in [0, 0.1) is 0 Å². The third-order valence-corrected chi connectivity index (χ3v) is 4.88. The van der Waals surface area contributed by atoms with E-state index >= 15 is 0 Å². The Balaban J connectivity index is 1.82. The number of hydrogen-bond acceptors (Lipinski definition) is 5. The third-order valence-electron chi connectivity index (χ3n) is 3.50. The molecule has 0 saturated carbocycles. The van der Waals surface area contributed by atoms with Crippen molar-refractivity contribution in [2.45, 2.75) is 37.1 Å². The fourth-order valence-corrected chi connectivity index (χ4v) is 3.68. The first-order chi connectivity index (χ1) is 10.1. The van der Waals surface area contributed by atoms with Crippen LogP contribution < -0.4 is 4.72 Å². The molecule has 0 amide bonds. The van der Waals surface area contributed by atoms with Crippen LogP contribution in [-0.2, 0) is 21.3 Å². The predicted octanol–water partition coefficient (Wildman–Crippen LogP) is 1.30. The molecule has 2 aromatic rings. The molecular weight excluding hydrogens is 294 g/mol. The zero-order valence-corrected chi connectivity index (χ0v) is 12.4. The van der Waals surface area contributed by atoms with Crippen molar-refractivity contribution in [2.75, 3.05) is 6.61 Å². The monoisotopic (exact) mass is 311 g/mol. The van der Waals surface area contributed by atoms with E-state index in [1.807, 2.05) is 17.7 Å². The number of imidazole rings is 1. The zero-order valence-electron chi connectivity index (χ0n) is 11.6. The number of sulfonamides is 1. The third kappa shape index (κ3) is 2.74. The topological polar surface area (TPSA) is 86.4 Å². The molecule has 3 rings (SSSR count). The summed E-state index contributed by atoms with van der Waals surface area (Å²) in [5.41, 5.74) is 0. The molecule has 1 saturated heterocycles. The van der Waals surface area contributed by atoms with Gasteiger partial charge in [-0.05, 0) is 25.5 Å². The first-order valence-electron chi connectivity index (χ1n) is 6.80. The number of nitrogens with zero attached hydrogens (tertiary/aromatic N) is 2. The summed E-state index contributed by atoms with van der Waals surface area (Å²) in [4.78, 5) is 4.29. The fraction of sp³-hybridized carbons (Fsp3) is 0.462. The molecule has 1 aliphatic rings. The average Bonchev–Trinajstić information content (AvgIpc) is 3.19. The van der Waals surface area contributed by atoms with Gasteiger partial charge in [-0.2, -0.15) is 0 Å². The van der Waals surface area contributed by atoms with Crippen molar-refractivity contribution in [2.24, 2.45) is 0 Å². The molecule has 0 aromatic carbocycles. The van der Waals surface area contributed by atoms with Crippen LogP contribution in [0.2, 0.25) is 0 Å². The van der Waals surface area contributed by atoms with E-state index < -0.39 is 10.0 Å². The number of ether oxygens (including phenoxy) is 1. The molecule has 3 heterocycles. The van der Waals surface area contributed by atoms with Crippen molar-refractivity contribution in [3.63, 3.8) is 0 Å². The van der Waals surface area contributed by atoms with Crippen molar-refractivity contribution in [3.05, 3.63) is 36.6 Å². The Hall–Kier alpha value is -1.64. The second-order valence-electron chi connectivity index (χ2n) is 4.81. The highest BCUT2D eigenvalue weighted by atomic mass is 32.2. The number of rotatable bonds is 5. The minimum Gasteiger partial charge on any atom is -0.452 e. The molecule has 114 valence electrons. The average molecular weight is 311 g/mol. The van der Waals surface area contributed by atoms with Gasteiger partial charge in [-0.3, -0.25) is 0 Å². The lowest BCUT2D eigenvalue weighted by Gasteiger charge is -2.19. The van der Waals surface area contributed by atoms with Crippen molar-refractivity contribution in [1.82, 2.24) is 14.3 Å². The summed E-state index contributed by atoms with van der Waals surface area (Å²) >= 11 is 0. The molecule has 0 spiro atoms. The standard InChI is InChI=1S/C13H17N3O4S/c1-2-16-7-6-14-13(16)12-10(5-9-20-12)15-21(17,18)11-4-3-8-19-11/h3-4,6-8,10,12,15H,2,5,9H2,1H3/t10-,12-/m0/s1. The van der Waals surface area contributed by atoms with Gasteiger partial charge in [-0.25, -0.2) is 18.1 Å². The molecule has 0 radical (unpaired) electrons. The van der Waals surface area contributed by atoms with Gasteiger partial charge in [0.05, 0.1) is 12.3 Å². The second-order valence-corrected chi connectivity index (χ2v) is 6.46. The number of aryl methyl sites for hydroxylation is 1. The maximum Gasteiger partial charge on any atom is 0.274 e. The van der Waals surface area contributed by atoms with Gasteiger partial charge in [0.2, 0.25) is 5.09 Å². The van der Waals surface area contributed by atoms with E-state index in [0.29, 0.717) is 13.0 Å². The van der Waals surface area contributed by atoms with Crippen LogP contribution in [0.25, 0.3) is 0 Å². The molecule has 0 bridgehead atoms. The quantitative estimate of drug-likeness (QED) is 0.899. The number of aromatic nitrogens is 2. The largest absolute Gasteiger partial charge is 0.452 e. The summed E-state index contributed by atoms with van der Waals surface area (Å²) in [6, 6.07) is 2.61. The van der Waals surface area contributed by atoms with Crippen LogP contribution in [0.15, 0.2) is 40.3 Å². The fourth-order valence-electron chi connectivity index (χ4n) is 2.48. The zero-order chi connectivity index (χ0) is 14.9. The molecule has 1 aliphatic heterocycles. The Kier molecular flexibility index (Phi) is 3.83. The minimum atomic E-state index is -3.68. The Morgan fingerprint density at radius 1 is 1.52 bits per heavy atom. The molecular formula is C13H17N3O4S. The highest BCUT2D eigenvalue weighted by Crippen LogP contribution is 2.29. The Morgan fingerprint density at radius 3 is 3.10 bits per heavy atom. The van der Waals surface area contributed by atoms with E-state index in [1.165, 1.54) is 12.3 Å². The smallest absolute Gasteiger partial charge is 0.274 e. The van der Waals surface area contributed by atoms with Crippen molar-refractivity contribution in [3.8, 4) is 0 Å². The van der Waals surface area contributed by atoms with Crippen molar-refractivity contribution >= 4 is 10.0 Å². The van der Waals surface area contributed by atoms with Crippen LogP contribution in [0.1, 0.15) is 25.3 Å². The van der Waals surface area contributed by atoms with Gasteiger partial charge in [0.25, 0.3) is 10.0 Å². The van der Waals surface area contributed by atoms with E-state index in [0.717, 1.165) is 12.4 Å². The molecule has 1 N–H and O–H groups in total. The van der Waals surface area contributed by atoms with Crippen LogP contribution in [0.5, 0.6) is 0 Å². The normalized spacial score (nSPS) is 22.7. The molecule has 21 heavy (non-hydrogen) atoms. The summed E-state index contributed by atoms with van der Waals surface area (Å²) < 4.78 is 39.7. The first kappa shape index (κ1) is 14.3. The van der Waals surface area contributed by atoms with Gasteiger partial charge in [0.1, 0.15) is 11.9 Å². The van der Waals surface area contributed by atoms with E-state index in [4.69, 9.17) is 9.15 Å². The Morgan fingerprint density at radius 2 is 2.38 bits per heavy atom. The minimum absolute atomic E-state index is 0.0908. The molecule has 0 unspecified atom stereocenters. The highest BCUT2D eigenvalue weighted by molar-refractivity contribution is 7.89. The van der Waals surface area contributed by atoms with E-state index in [-0.39, 0.29) is 17.2 Å². The SMILES string of the molecule is CCn1ccnc1[C@H]1OCC[C@@H]1NS(=O)(=O)c1ccco1. The number of nitrogens with one attached hydrogen (secondary N) is 1. The predicted molar refractivity (Wildman–Crippen MR) is 74.0 cm³/mol. The van der Waals surface area contributed by atoms with Gasteiger partial charge in [-0.1, -0.05) is 0 Å². The maximum atomic E-state index is 12.2. The van der Waals surface area contributed by atoms with Crippen LogP contribution in [0.4, 0.5) is 0 Å². The molecule has 7 nitrogen and oxygen atoms in total. The van der Waals surface area contributed by atoms with Gasteiger partial charge in [0, 0.05) is 25.5 Å². The molecule has 2 aromatic heterocycles. The Labute approximate surface area is 123 Å². The number of furan rings is 1. The summed E-state index contributed by atoms with van der Waals surface area (Å²) in [6.45, 7) is 3.25. The van der Waals surface area contributed by atoms with Gasteiger partial charge >= 0.3 is 0 Å². The molecule has 1 fully saturated rings. The summed E-state index contributed by atoms with van der Waals surface area (Å²) in [7, 11) is -3.68. The van der Waals surface area contributed by atoms with E-state index in [9.17, 15) is 8.42 Å². The summed E-state index contributed by atoms with van der Waals surface area (Å²) in [5, 5.41) is -0.0908. The lowest BCUT2D eigenvalue weighted by atomic mass is 10.1. The van der Waals surface area contributed by atoms with E-state index in [1.54, 1.807) is 12.3 Å². The van der Waals surface area contributed by atoms with Crippen molar-refractivity contribution in [1.29, 1.82) is 0 Å². The van der Waals surface area contributed by atoms with Gasteiger partial charge in [-0.15, -0.1) is 0 Å².